The van der Waals surface area contributed by atoms with Crippen molar-refractivity contribution in [3.63, 3.8) is 0 Å². The SMILES string of the molecule is NCCOCCc1ccc(F)cc1F. The van der Waals surface area contributed by atoms with Gasteiger partial charge in [0.15, 0.2) is 0 Å². The third-order valence-electron chi connectivity index (χ3n) is 1.79. The van der Waals surface area contributed by atoms with Gasteiger partial charge in [0.1, 0.15) is 11.6 Å². The van der Waals surface area contributed by atoms with Gasteiger partial charge in [-0.2, -0.15) is 0 Å². The van der Waals surface area contributed by atoms with Crippen LogP contribution in [0.5, 0.6) is 0 Å². The Labute approximate surface area is 81.7 Å². The van der Waals surface area contributed by atoms with Crippen molar-refractivity contribution in [3.8, 4) is 0 Å². The lowest BCUT2D eigenvalue weighted by Gasteiger charge is -2.03. The molecule has 0 atom stereocenters. The van der Waals surface area contributed by atoms with Gasteiger partial charge in [0.25, 0.3) is 0 Å². The molecule has 2 nitrogen and oxygen atoms in total. The highest BCUT2D eigenvalue weighted by molar-refractivity contribution is 5.18. The predicted molar refractivity (Wildman–Crippen MR) is 49.9 cm³/mol. The van der Waals surface area contributed by atoms with Crippen LogP contribution in [0.3, 0.4) is 0 Å². The van der Waals surface area contributed by atoms with Crippen LogP contribution in [0.4, 0.5) is 8.78 Å². The van der Waals surface area contributed by atoms with Crippen LogP contribution in [0.2, 0.25) is 0 Å². The lowest BCUT2D eigenvalue weighted by atomic mass is 10.1. The fourth-order valence-electron chi connectivity index (χ4n) is 1.09. The van der Waals surface area contributed by atoms with E-state index in [1.165, 1.54) is 12.1 Å². The summed E-state index contributed by atoms with van der Waals surface area (Å²) < 4.78 is 30.6. The third-order valence-corrected chi connectivity index (χ3v) is 1.79. The van der Waals surface area contributed by atoms with E-state index in [9.17, 15) is 8.78 Å². The molecule has 78 valence electrons. The molecule has 14 heavy (non-hydrogen) atoms. The minimum absolute atomic E-state index is 0.403. The van der Waals surface area contributed by atoms with Crippen molar-refractivity contribution in [2.45, 2.75) is 6.42 Å². The summed E-state index contributed by atoms with van der Waals surface area (Å²) in [6, 6.07) is 3.54. The molecule has 1 rings (SSSR count). The van der Waals surface area contributed by atoms with E-state index in [2.05, 4.69) is 0 Å². The summed E-state index contributed by atoms with van der Waals surface area (Å²) in [5, 5.41) is 0. The Morgan fingerprint density at radius 2 is 2.00 bits per heavy atom. The second kappa shape index (κ2) is 5.67. The van der Waals surface area contributed by atoms with Gasteiger partial charge in [-0.3, -0.25) is 0 Å². The molecule has 0 aromatic heterocycles. The van der Waals surface area contributed by atoms with Crippen LogP contribution in [0.1, 0.15) is 5.56 Å². The zero-order chi connectivity index (χ0) is 10.4. The number of rotatable bonds is 5. The maximum absolute atomic E-state index is 13.0. The number of ether oxygens (including phenoxy) is 1. The molecule has 0 fully saturated rings. The molecule has 4 heteroatoms. The highest BCUT2D eigenvalue weighted by Gasteiger charge is 2.02. The van der Waals surface area contributed by atoms with E-state index in [0.717, 1.165) is 6.07 Å². The Balaban J connectivity index is 2.42. The van der Waals surface area contributed by atoms with Gasteiger partial charge in [0, 0.05) is 12.6 Å². The van der Waals surface area contributed by atoms with Crippen molar-refractivity contribution in [2.24, 2.45) is 5.73 Å². The summed E-state index contributed by atoms with van der Waals surface area (Å²) in [4.78, 5) is 0. The van der Waals surface area contributed by atoms with Gasteiger partial charge in [-0.15, -0.1) is 0 Å². The quantitative estimate of drug-likeness (QED) is 0.732. The van der Waals surface area contributed by atoms with E-state index in [1.807, 2.05) is 0 Å². The molecule has 1 aromatic carbocycles. The van der Waals surface area contributed by atoms with Gasteiger partial charge in [0.05, 0.1) is 13.2 Å². The van der Waals surface area contributed by atoms with Crippen LogP contribution >= 0.6 is 0 Å². The maximum atomic E-state index is 13.0. The zero-order valence-corrected chi connectivity index (χ0v) is 7.80. The number of halogens is 2. The fourth-order valence-corrected chi connectivity index (χ4v) is 1.09. The largest absolute Gasteiger partial charge is 0.380 e. The molecule has 0 aliphatic heterocycles. The number of hydrogen-bond donors (Lipinski definition) is 1. The van der Waals surface area contributed by atoms with Crippen LogP contribution < -0.4 is 5.73 Å². The minimum atomic E-state index is -0.561. The summed E-state index contributed by atoms with van der Waals surface area (Å²) in [6.07, 6.45) is 0.437. The molecular weight excluding hydrogens is 188 g/mol. The smallest absolute Gasteiger partial charge is 0.129 e. The second-order valence-electron chi connectivity index (χ2n) is 2.89. The summed E-state index contributed by atoms with van der Waals surface area (Å²) >= 11 is 0. The van der Waals surface area contributed by atoms with Crippen molar-refractivity contribution in [1.82, 2.24) is 0 Å². The first-order valence-electron chi connectivity index (χ1n) is 4.46. The molecule has 0 radical (unpaired) electrons. The monoisotopic (exact) mass is 201 g/mol. The molecule has 0 saturated heterocycles. The molecule has 0 heterocycles. The lowest BCUT2D eigenvalue weighted by molar-refractivity contribution is 0.144. The molecule has 0 unspecified atom stereocenters. The van der Waals surface area contributed by atoms with Gasteiger partial charge < -0.3 is 10.5 Å². The fraction of sp³-hybridized carbons (Fsp3) is 0.400. The van der Waals surface area contributed by atoms with E-state index in [-0.39, 0.29) is 0 Å². The Hall–Kier alpha value is -1.00. The van der Waals surface area contributed by atoms with Crippen LogP contribution in [-0.4, -0.2) is 19.8 Å². The van der Waals surface area contributed by atoms with Gasteiger partial charge in [-0.25, -0.2) is 8.78 Å². The number of benzene rings is 1. The van der Waals surface area contributed by atoms with Gasteiger partial charge in [0.2, 0.25) is 0 Å². The topological polar surface area (TPSA) is 35.2 Å². The van der Waals surface area contributed by atoms with Crippen LogP contribution in [0.25, 0.3) is 0 Å². The Morgan fingerprint density at radius 1 is 1.21 bits per heavy atom. The van der Waals surface area contributed by atoms with Crippen LogP contribution in [0, 0.1) is 11.6 Å². The molecular formula is C10H13F2NO. The zero-order valence-electron chi connectivity index (χ0n) is 7.80. The van der Waals surface area contributed by atoms with E-state index in [1.54, 1.807) is 0 Å². The average Bonchev–Trinajstić information content (AvgIpc) is 2.15. The summed E-state index contributed by atoms with van der Waals surface area (Å²) in [7, 11) is 0. The van der Waals surface area contributed by atoms with Crippen molar-refractivity contribution in [1.29, 1.82) is 0 Å². The van der Waals surface area contributed by atoms with E-state index in [0.29, 0.717) is 31.7 Å². The first kappa shape index (κ1) is 11.1. The lowest BCUT2D eigenvalue weighted by Crippen LogP contribution is -2.10. The van der Waals surface area contributed by atoms with Crippen molar-refractivity contribution in [2.75, 3.05) is 19.8 Å². The molecule has 0 aliphatic carbocycles. The van der Waals surface area contributed by atoms with Gasteiger partial charge >= 0.3 is 0 Å². The van der Waals surface area contributed by atoms with Crippen LogP contribution in [-0.2, 0) is 11.2 Å². The minimum Gasteiger partial charge on any atom is -0.380 e. The van der Waals surface area contributed by atoms with Crippen molar-refractivity contribution >= 4 is 0 Å². The normalized spacial score (nSPS) is 10.5. The van der Waals surface area contributed by atoms with E-state index < -0.39 is 11.6 Å². The second-order valence-corrected chi connectivity index (χ2v) is 2.89. The summed E-state index contributed by atoms with van der Waals surface area (Å²) in [6.45, 7) is 1.31. The maximum Gasteiger partial charge on any atom is 0.129 e. The highest BCUT2D eigenvalue weighted by atomic mass is 19.1. The third kappa shape index (κ3) is 3.40. The van der Waals surface area contributed by atoms with Crippen LogP contribution in [0.15, 0.2) is 18.2 Å². The molecule has 0 aliphatic rings. The first-order valence-corrected chi connectivity index (χ1v) is 4.46. The molecule has 0 spiro atoms. The Morgan fingerprint density at radius 3 is 2.64 bits per heavy atom. The number of hydrogen-bond acceptors (Lipinski definition) is 2. The van der Waals surface area contributed by atoms with Crippen molar-refractivity contribution < 1.29 is 13.5 Å². The average molecular weight is 201 g/mol. The number of nitrogens with two attached hydrogens (primary N) is 1. The first-order chi connectivity index (χ1) is 6.74. The molecule has 0 saturated carbocycles. The van der Waals surface area contributed by atoms with E-state index in [4.69, 9.17) is 10.5 Å². The van der Waals surface area contributed by atoms with E-state index >= 15 is 0 Å². The molecule has 2 N–H and O–H groups in total. The Bertz CT molecular complexity index is 291. The predicted octanol–water partition coefficient (Wildman–Crippen LogP) is 1.48. The van der Waals surface area contributed by atoms with Gasteiger partial charge in [-0.05, 0) is 18.1 Å². The molecule has 0 bridgehead atoms. The highest BCUT2D eigenvalue weighted by Crippen LogP contribution is 2.09. The standard InChI is InChI=1S/C10H13F2NO/c11-9-2-1-8(10(12)7-9)3-5-14-6-4-13/h1-2,7H,3-6,13H2. The molecule has 1 aromatic rings. The summed E-state index contributed by atoms with van der Waals surface area (Å²) in [5.41, 5.74) is 5.67. The van der Waals surface area contributed by atoms with Gasteiger partial charge in [-0.1, -0.05) is 6.07 Å². The molecule has 0 amide bonds. The summed E-state index contributed by atoms with van der Waals surface area (Å²) in [5.74, 6) is -1.09. The van der Waals surface area contributed by atoms with Crippen molar-refractivity contribution in [3.05, 3.63) is 35.4 Å². The Kier molecular flexibility index (Phi) is 4.49.